The lowest BCUT2D eigenvalue weighted by atomic mass is 10.0. The Labute approximate surface area is 316 Å². The standard InChI is InChI=1S/C50H29N5/c51-30-32-27-42-41-15-5-10-20-48(41)55(50(42)49(28-32)54-46-18-8-3-13-39(46)40-14-4-9-19-47(40)54)43-26-23-34(29-35(43)31-52)33-21-24-36(25-22-33)53-44-16-6-1-11-37(44)38-12-2-7-17-45(38)53/h1-29H. The Morgan fingerprint density at radius 1 is 0.345 bits per heavy atom. The van der Waals surface area contributed by atoms with Crippen LogP contribution >= 0.6 is 0 Å². The minimum atomic E-state index is 0.559. The molecule has 0 saturated carbocycles. The number of nitriles is 2. The van der Waals surface area contributed by atoms with Gasteiger partial charge in [0.1, 0.15) is 6.07 Å². The Balaban J connectivity index is 1.11. The van der Waals surface area contributed by atoms with Crippen LogP contribution in [-0.2, 0) is 0 Å². The Bertz CT molecular complexity index is 3350. The molecule has 0 atom stereocenters. The van der Waals surface area contributed by atoms with E-state index in [-0.39, 0.29) is 0 Å². The monoisotopic (exact) mass is 699 g/mol. The SMILES string of the molecule is N#Cc1cc(-n2c3ccccc3c3ccccc32)c2c(c1)c1ccccc1n2-c1ccc(-c2ccc(-n3c4ccccc4c4ccccc43)cc2)cc1C#N. The summed E-state index contributed by atoms with van der Waals surface area (Å²) in [6, 6.07) is 65.8. The molecule has 3 heterocycles. The summed E-state index contributed by atoms with van der Waals surface area (Å²) in [4.78, 5) is 0. The van der Waals surface area contributed by atoms with Gasteiger partial charge in [-0.25, -0.2) is 0 Å². The van der Waals surface area contributed by atoms with Crippen LogP contribution in [0.2, 0.25) is 0 Å². The first-order valence-electron chi connectivity index (χ1n) is 18.3. The highest BCUT2D eigenvalue weighted by Gasteiger charge is 2.22. The maximum absolute atomic E-state index is 10.8. The number of hydrogen-bond donors (Lipinski definition) is 0. The van der Waals surface area contributed by atoms with Gasteiger partial charge in [-0.05, 0) is 77.9 Å². The second kappa shape index (κ2) is 11.8. The van der Waals surface area contributed by atoms with E-state index >= 15 is 0 Å². The van der Waals surface area contributed by atoms with Gasteiger partial charge in [-0.1, -0.05) is 109 Å². The van der Waals surface area contributed by atoms with Gasteiger partial charge in [0.25, 0.3) is 0 Å². The van der Waals surface area contributed by atoms with Crippen LogP contribution in [0.1, 0.15) is 11.1 Å². The summed E-state index contributed by atoms with van der Waals surface area (Å²) in [5, 5.41) is 27.8. The Morgan fingerprint density at radius 2 is 0.800 bits per heavy atom. The third-order valence-corrected chi connectivity index (χ3v) is 11.1. The van der Waals surface area contributed by atoms with E-state index in [0.717, 1.165) is 71.8 Å². The average Bonchev–Trinajstić information content (AvgIpc) is 3.89. The number of hydrogen-bond acceptors (Lipinski definition) is 2. The van der Waals surface area contributed by atoms with E-state index in [1.165, 1.54) is 21.8 Å². The molecule has 254 valence electrons. The molecule has 0 aliphatic carbocycles. The first-order valence-corrected chi connectivity index (χ1v) is 18.3. The summed E-state index contributed by atoms with van der Waals surface area (Å²) in [7, 11) is 0. The molecule has 0 amide bonds. The van der Waals surface area contributed by atoms with Crippen LogP contribution in [0.5, 0.6) is 0 Å². The van der Waals surface area contributed by atoms with Crippen LogP contribution in [0, 0.1) is 22.7 Å². The summed E-state index contributed by atoms with van der Waals surface area (Å²) in [5.74, 6) is 0. The van der Waals surface area contributed by atoms with E-state index in [4.69, 9.17) is 0 Å². The molecule has 0 aliphatic heterocycles. The normalized spacial score (nSPS) is 11.6. The van der Waals surface area contributed by atoms with Gasteiger partial charge in [-0.15, -0.1) is 0 Å². The summed E-state index contributed by atoms with van der Waals surface area (Å²) in [5.41, 5.74) is 12.2. The molecule has 0 fully saturated rings. The lowest BCUT2D eigenvalue weighted by Gasteiger charge is -2.16. The zero-order chi connectivity index (χ0) is 36.6. The van der Waals surface area contributed by atoms with E-state index in [1.807, 2.05) is 30.3 Å². The number of fused-ring (bicyclic) bond motifs is 9. The molecule has 0 bridgehead atoms. The van der Waals surface area contributed by atoms with Gasteiger partial charge < -0.3 is 13.7 Å². The summed E-state index contributed by atoms with van der Waals surface area (Å²) >= 11 is 0. The Morgan fingerprint density at radius 3 is 1.31 bits per heavy atom. The number of aromatic nitrogens is 3. The third kappa shape index (κ3) is 4.45. The number of para-hydroxylation sites is 5. The first-order chi connectivity index (χ1) is 27.2. The quantitative estimate of drug-likeness (QED) is 0.184. The fraction of sp³-hybridized carbons (Fsp3) is 0. The second-order valence-electron chi connectivity index (χ2n) is 14.0. The fourth-order valence-electron chi connectivity index (χ4n) is 8.75. The van der Waals surface area contributed by atoms with Crippen molar-refractivity contribution in [1.82, 2.24) is 13.7 Å². The van der Waals surface area contributed by atoms with Gasteiger partial charge in [0.15, 0.2) is 0 Å². The maximum Gasteiger partial charge on any atom is 0.101 e. The van der Waals surface area contributed by atoms with Crippen molar-refractivity contribution in [2.45, 2.75) is 0 Å². The fourth-order valence-corrected chi connectivity index (χ4v) is 8.75. The van der Waals surface area contributed by atoms with Gasteiger partial charge in [0.05, 0.1) is 61.7 Å². The summed E-state index contributed by atoms with van der Waals surface area (Å²) in [6.07, 6.45) is 0. The van der Waals surface area contributed by atoms with Crippen molar-refractivity contribution in [1.29, 1.82) is 10.5 Å². The minimum absolute atomic E-state index is 0.559. The van der Waals surface area contributed by atoms with Crippen LogP contribution in [0.3, 0.4) is 0 Å². The zero-order valence-electron chi connectivity index (χ0n) is 29.5. The molecule has 11 aromatic rings. The van der Waals surface area contributed by atoms with E-state index in [1.54, 1.807) is 0 Å². The molecule has 3 aromatic heterocycles. The molecule has 0 radical (unpaired) electrons. The van der Waals surface area contributed by atoms with Crippen LogP contribution in [-0.4, -0.2) is 13.7 Å². The van der Waals surface area contributed by atoms with Gasteiger partial charge in [-0.2, -0.15) is 10.5 Å². The minimum Gasteiger partial charge on any atom is -0.309 e. The predicted octanol–water partition coefficient (Wildman–Crippen LogP) is 12.4. The third-order valence-electron chi connectivity index (χ3n) is 11.1. The molecule has 0 N–H and O–H groups in total. The highest BCUT2D eigenvalue weighted by atomic mass is 15.1. The maximum atomic E-state index is 10.8. The highest BCUT2D eigenvalue weighted by Crippen LogP contribution is 2.41. The molecule has 55 heavy (non-hydrogen) atoms. The molecule has 0 spiro atoms. The van der Waals surface area contributed by atoms with Crippen molar-refractivity contribution in [3.05, 3.63) is 187 Å². The van der Waals surface area contributed by atoms with Crippen LogP contribution < -0.4 is 0 Å². The highest BCUT2D eigenvalue weighted by molar-refractivity contribution is 6.15. The van der Waals surface area contributed by atoms with Crippen molar-refractivity contribution in [2.24, 2.45) is 0 Å². The second-order valence-corrected chi connectivity index (χ2v) is 14.0. The number of nitrogens with zero attached hydrogens (tertiary/aromatic N) is 5. The number of benzene rings is 8. The lowest BCUT2D eigenvalue weighted by molar-refractivity contribution is 1.12. The molecule has 5 heteroatoms. The average molecular weight is 700 g/mol. The molecule has 11 rings (SSSR count). The predicted molar refractivity (Wildman–Crippen MR) is 224 cm³/mol. The van der Waals surface area contributed by atoms with Crippen molar-refractivity contribution in [2.75, 3.05) is 0 Å². The van der Waals surface area contributed by atoms with Crippen LogP contribution in [0.25, 0.3) is 93.6 Å². The Kier molecular flexibility index (Phi) is 6.61. The smallest absolute Gasteiger partial charge is 0.101 e. The van der Waals surface area contributed by atoms with Crippen LogP contribution in [0.15, 0.2) is 176 Å². The van der Waals surface area contributed by atoms with Gasteiger partial charge >= 0.3 is 0 Å². The molecule has 0 saturated heterocycles. The molecular weight excluding hydrogens is 671 g/mol. The summed E-state index contributed by atoms with van der Waals surface area (Å²) < 4.78 is 6.79. The topological polar surface area (TPSA) is 62.4 Å². The van der Waals surface area contributed by atoms with Gasteiger partial charge in [0, 0.05) is 38.0 Å². The van der Waals surface area contributed by atoms with Gasteiger partial charge in [-0.3, -0.25) is 0 Å². The summed E-state index contributed by atoms with van der Waals surface area (Å²) in [6.45, 7) is 0. The van der Waals surface area contributed by atoms with Crippen molar-refractivity contribution >= 4 is 65.4 Å². The molecular formula is C50H29N5. The largest absolute Gasteiger partial charge is 0.309 e. The molecule has 0 aliphatic rings. The van der Waals surface area contributed by atoms with E-state index in [9.17, 15) is 10.5 Å². The lowest BCUT2D eigenvalue weighted by Crippen LogP contribution is -2.03. The van der Waals surface area contributed by atoms with Gasteiger partial charge in [0.2, 0.25) is 0 Å². The van der Waals surface area contributed by atoms with Crippen molar-refractivity contribution in [3.8, 4) is 40.3 Å². The van der Waals surface area contributed by atoms with Crippen LogP contribution in [0.4, 0.5) is 0 Å². The molecule has 0 unspecified atom stereocenters. The van der Waals surface area contributed by atoms with Crippen molar-refractivity contribution in [3.63, 3.8) is 0 Å². The first kappa shape index (κ1) is 30.7. The van der Waals surface area contributed by atoms with E-state index < -0.39 is 0 Å². The zero-order valence-corrected chi connectivity index (χ0v) is 29.5. The number of rotatable bonds is 4. The molecule has 8 aromatic carbocycles. The Hall–Kier alpha value is -7.86. The van der Waals surface area contributed by atoms with E-state index in [0.29, 0.717) is 11.1 Å². The van der Waals surface area contributed by atoms with E-state index in [2.05, 4.69) is 171 Å². The van der Waals surface area contributed by atoms with Crippen molar-refractivity contribution < 1.29 is 0 Å². The molecule has 5 nitrogen and oxygen atoms in total.